The second-order valence-electron chi connectivity index (χ2n) is 15.8. The maximum Gasteiger partial charge on any atom is 0.435 e. The molecule has 4 aromatic rings. The number of nitrogens with one attached hydrogen (secondary N) is 2. The molecule has 0 radical (unpaired) electrons. The van der Waals surface area contributed by atoms with Gasteiger partial charge in [-0.1, -0.05) is 36.4 Å². The minimum atomic E-state index is -4.69. The molecule has 0 bridgehead atoms. The zero-order valence-corrected chi connectivity index (χ0v) is 32.7. The number of nitrogens with two attached hydrogens (primary N) is 1. The van der Waals surface area contributed by atoms with E-state index in [-0.39, 0.29) is 35.2 Å². The number of benzene rings is 1. The first-order valence-electron chi connectivity index (χ1n) is 18.5. The molecule has 4 heterocycles. The van der Waals surface area contributed by atoms with Crippen molar-refractivity contribution >= 4 is 23.8 Å². The molecule has 2 aliphatic rings. The van der Waals surface area contributed by atoms with Crippen molar-refractivity contribution in [2.75, 3.05) is 40.0 Å². The number of nitrogen functional groups attached to an aromatic ring is 1. The van der Waals surface area contributed by atoms with Gasteiger partial charge < -0.3 is 25.4 Å². The lowest BCUT2D eigenvalue weighted by molar-refractivity contribution is -0.887. The predicted octanol–water partition coefficient (Wildman–Crippen LogP) is 5.23. The van der Waals surface area contributed by atoms with Gasteiger partial charge in [0.15, 0.2) is 5.69 Å². The monoisotopic (exact) mass is 774 g/mol. The van der Waals surface area contributed by atoms with E-state index in [2.05, 4.69) is 45.9 Å². The summed E-state index contributed by atoms with van der Waals surface area (Å²) in [6.07, 6.45) is 5.23. The van der Waals surface area contributed by atoms with Crippen LogP contribution >= 0.6 is 0 Å². The van der Waals surface area contributed by atoms with E-state index in [0.29, 0.717) is 12.2 Å². The molecule has 4 N–H and O–H groups in total. The second kappa shape index (κ2) is 17.1. The van der Waals surface area contributed by atoms with Crippen LogP contribution in [-0.4, -0.2) is 87.7 Å². The molecule has 1 atom stereocenters. The predicted molar refractivity (Wildman–Crippen MR) is 212 cm³/mol. The first-order chi connectivity index (χ1) is 26.3. The average molecular weight is 775 g/mol. The van der Waals surface area contributed by atoms with Gasteiger partial charge in [0.25, 0.3) is 5.56 Å². The molecule has 1 saturated carbocycles. The number of halogens is 3. The highest BCUT2D eigenvalue weighted by molar-refractivity contribution is 5.90. The number of aryl methyl sites for hydroxylation is 1. The lowest BCUT2D eigenvalue weighted by Gasteiger charge is -2.35. The number of carbonyl (C=O) groups excluding carboxylic acids is 2. The minimum Gasteiger partial charge on any atom is -0.383 e. The highest BCUT2D eigenvalue weighted by Gasteiger charge is 2.38. The topological polar surface area (TPSA) is 149 Å². The molecule has 1 fully saturated rings. The summed E-state index contributed by atoms with van der Waals surface area (Å²) in [5.74, 6) is -0.140. The fraction of sp³-hybridized carbons (Fsp3) is 0.415. The van der Waals surface area contributed by atoms with Gasteiger partial charge >= 0.3 is 6.18 Å². The second-order valence-corrected chi connectivity index (χ2v) is 15.8. The number of alkyl halides is 3. The van der Waals surface area contributed by atoms with Crippen molar-refractivity contribution in [3.63, 3.8) is 0 Å². The molecule has 2 amide bonds. The average Bonchev–Trinajstić information content (AvgIpc) is 3.89. The lowest BCUT2D eigenvalue weighted by Crippen LogP contribution is -2.55. The fourth-order valence-electron chi connectivity index (χ4n) is 6.54. The zero-order chi connectivity index (χ0) is 40.8. The van der Waals surface area contributed by atoms with Gasteiger partial charge in [-0.25, -0.2) is 4.98 Å². The molecule has 56 heavy (non-hydrogen) atoms. The number of carbonyl (C=O) groups is 2. The molecular weight excluding hydrogens is 724 g/mol. The van der Waals surface area contributed by atoms with Crippen molar-refractivity contribution in [2.24, 2.45) is 18.0 Å². The van der Waals surface area contributed by atoms with Crippen LogP contribution in [0, 0.1) is 5.92 Å². The van der Waals surface area contributed by atoms with E-state index in [1.807, 2.05) is 36.4 Å². The summed E-state index contributed by atoms with van der Waals surface area (Å²) in [5, 5.41) is 9.63. The molecule has 1 unspecified atom stereocenters. The zero-order valence-electron chi connectivity index (χ0n) is 32.7. The summed E-state index contributed by atoms with van der Waals surface area (Å²) < 4.78 is 44.1. The molecule has 3 aromatic heterocycles. The lowest BCUT2D eigenvalue weighted by atomic mass is 9.98. The molecule has 298 valence electrons. The van der Waals surface area contributed by atoms with Crippen LogP contribution in [-0.2, 0) is 29.4 Å². The number of aliphatic imine (C=N–C) groups is 1. The van der Waals surface area contributed by atoms with Crippen molar-refractivity contribution in [1.82, 2.24) is 30.0 Å². The minimum absolute atomic E-state index is 0.0816. The number of hydrogen-bond donors (Lipinski definition) is 3. The number of quaternary nitrogens is 1. The molecule has 1 aliphatic heterocycles. The van der Waals surface area contributed by atoms with Crippen molar-refractivity contribution in [2.45, 2.75) is 63.8 Å². The van der Waals surface area contributed by atoms with E-state index in [1.54, 1.807) is 46.4 Å². The highest BCUT2D eigenvalue weighted by atomic mass is 19.4. The van der Waals surface area contributed by atoms with Gasteiger partial charge in [-0.2, -0.15) is 18.3 Å². The molecule has 12 nitrogen and oxygen atoms in total. The van der Waals surface area contributed by atoms with Crippen molar-refractivity contribution < 1.29 is 27.2 Å². The molecule has 0 spiro atoms. The van der Waals surface area contributed by atoms with Crippen molar-refractivity contribution in [3.05, 3.63) is 100 Å². The van der Waals surface area contributed by atoms with Crippen LogP contribution in [0.3, 0.4) is 0 Å². The Morgan fingerprint density at radius 1 is 1.07 bits per heavy atom. The van der Waals surface area contributed by atoms with Crippen LogP contribution in [0.15, 0.2) is 88.4 Å². The Balaban J connectivity index is 0.000000311. The Morgan fingerprint density at radius 3 is 2.41 bits per heavy atom. The number of aromatic nitrogens is 4. The van der Waals surface area contributed by atoms with Gasteiger partial charge in [-0.05, 0) is 56.0 Å². The number of hydrogen-bond acceptors (Lipinski definition) is 7. The standard InChI is InChI=1S/C28H37F3N6O3.C13H13N3/c1-27(2,17-36-22(15-23(34-36)28(29,30)31)20-10-11-35(3)24(38)14-20)33-26(40)21(32-25(39)19-8-9-19)13-18-7-6-12-37(4,5)16-18;1-15-8-12-7-11(9-16-13(12)14)10-5-3-2-4-6-10/h7,10-11,14-15,19,21H,6,8-9,12-13,16-17H2,1-5H3,(H-,32,33,39,40);2-9H,1H3,(H2,14,16)/p+1. The molecular formula is C41H51F3N9O3+. The summed E-state index contributed by atoms with van der Waals surface area (Å²) in [4.78, 5) is 46.5. The van der Waals surface area contributed by atoms with Crippen LogP contribution in [0.1, 0.15) is 50.8 Å². The molecule has 6 rings (SSSR count). The van der Waals surface area contributed by atoms with Gasteiger partial charge in [0.05, 0.1) is 45.0 Å². The Morgan fingerprint density at radius 2 is 1.79 bits per heavy atom. The van der Waals surface area contributed by atoms with Crippen LogP contribution < -0.4 is 21.9 Å². The third kappa shape index (κ3) is 11.2. The van der Waals surface area contributed by atoms with Gasteiger partial charge in [0.2, 0.25) is 11.8 Å². The summed E-state index contributed by atoms with van der Waals surface area (Å²) in [7, 11) is 7.50. The highest BCUT2D eigenvalue weighted by Crippen LogP contribution is 2.33. The van der Waals surface area contributed by atoms with Crippen LogP contribution in [0.2, 0.25) is 0 Å². The Labute approximate surface area is 324 Å². The molecule has 15 heteroatoms. The molecule has 0 saturated heterocycles. The first-order valence-corrected chi connectivity index (χ1v) is 18.5. The van der Waals surface area contributed by atoms with E-state index >= 15 is 0 Å². The first kappa shape index (κ1) is 41.6. The molecule has 1 aromatic carbocycles. The number of anilines is 1. The van der Waals surface area contributed by atoms with Crippen LogP contribution in [0.25, 0.3) is 22.4 Å². The summed E-state index contributed by atoms with van der Waals surface area (Å²) in [6, 6.07) is 15.0. The fourth-order valence-corrected chi connectivity index (χ4v) is 6.54. The summed E-state index contributed by atoms with van der Waals surface area (Å²) in [5.41, 5.74) is 7.74. The number of likely N-dealkylation sites (N-methyl/N-ethyl adjacent to an activating group) is 1. The van der Waals surface area contributed by atoms with Crippen molar-refractivity contribution in [1.29, 1.82) is 0 Å². The maximum absolute atomic E-state index is 13.6. The quantitative estimate of drug-likeness (QED) is 0.108. The number of nitrogens with zero attached hydrogens (tertiary/aromatic N) is 6. The van der Waals surface area contributed by atoms with Gasteiger partial charge in [0.1, 0.15) is 11.9 Å². The molecule has 1 aliphatic carbocycles. The third-order valence-corrected chi connectivity index (χ3v) is 9.65. The van der Waals surface area contributed by atoms with Gasteiger partial charge in [-0.3, -0.25) is 24.1 Å². The Hall–Kier alpha value is -5.57. The SMILES string of the molecule is CN=Cc1cc(-c2ccccc2)cnc1N.Cn1ccc(-c2cc(C(F)(F)F)nn2CC(C)(C)NC(=O)C(CC2=CCC[N+](C)(C)C2)NC(=O)C2CC2)cc1=O. The maximum atomic E-state index is 13.6. The van der Waals surface area contributed by atoms with Gasteiger partial charge in [-0.15, -0.1) is 0 Å². The Kier molecular flexibility index (Phi) is 12.7. The van der Waals surface area contributed by atoms with Crippen LogP contribution in [0.4, 0.5) is 19.0 Å². The van der Waals surface area contributed by atoms with E-state index in [9.17, 15) is 27.6 Å². The van der Waals surface area contributed by atoms with E-state index < -0.39 is 29.4 Å². The van der Waals surface area contributed by atoms with E-state index in [1.165, 1.54) is 21.5 Å². The number of pyridine rings is 2. The summed E-state index contributed by atoms with van der Waals surface area (Å²) in [6.45, 7) is 5.02. The third-order valence-electron chi connectivity index (χ3n) is 9.65. The van der Waals surface area contributed by atoms with Crippen molar-refractivity contribution in [3.8, 4) is 22.4 Å². The Bertz CT molecular complexity index is 2150. The van der Waals surface area contributed by atoms with Gasteiger partial charge in [0, 0.05) is 74.2 Å². The van der Waals surface area contributed by atoms with Crippen LogP contribution in [0.5, 0.6) is 0 Å². The normalized spacial score (nSPS) is 16.1. The number of amides is 2. The smallest absolute Gasteiger partial charge is 0.383 e. The van der Waals surface area contributed by atoms with E-state index in [0.717, 1.165) is 65.2 Å². The largest absolute Gasteiger partial charge is 0.435 e. The van der Waals surface area contributed by atoms with E-state index in [4.69, 9.17) is 5.73 Å². The summed E-state index contributed by atoms with van der Waals surface area (Å²) >= 11 is 0. The number of rotatable bonds is 11.